The summed E-state index contributed by atoms with van der Waals surface area (Å²) in [5.41, 5.74) is 1.25. The third-order valence-corrected chi connectivity index (χ3v) is 4.42. The maximum absolute atomic E-state index is 4.39. The van der Waals surface area contributed by atoms with Crippen molar-refractivity contribution in [2.45, 2.75) is 18.5 Å². The number of halogens is 1. The molecule has 0 N–H and O–H groups in total. The largest absolute Gasteiger partial charge is 0.185 e. The van der Waals surface area contributed by atoms with Crippen LogP contribution in [0.25, 0.3) is 0 Å². The zero-order valence-corrected chi connectivity index (χ0v) is 11.5. The third-order valence-electron chi connectivity index (χ3n) is 2.92. The highest BCUT2D eigenvalue weighted by Gasteiger charge is 2.25. The second-order valence-electron chi connectivity index (χ2n) is 4.07. The van der Waals surface area contributed by atoms with E-state index in [1.54, 1.807) is 11.3 Å². The van der Waals surface area contributed by atoms with Crippen molar-refractivity contribution < 1.29 is 0 Å². The van der Waals surface area contributed by atoms with Crippen LogP contribution in [0.15, 0.2) is 56.5 Å². The minimum atomic E-state index is 0.218. The summed E-state index contributed by atoms with van der Waals surface area (Å²) in [5, 5.41) is 10.9. The van der Waals surface area contributed by atoms with Gasteiger partial charge in [-0.2, -0.15) is 10.2 Å². The highest BCUT2D eigenvalue weighted by molar-refractivity contribution is 9.10. The van der Waals surface area contributed by atoms with Gasteiger partial charge in [0, 0.05) is 15.8 Å². The van der Waals surface area contributed by atoms with Gasteiger partial charge in [-0.1, -0.05) is 34.1 Å². The molecule has 0 spiro atoms. The van der Waals surface area contributed by atoms with Gasteiger partial charge in [-0.3, -0.25) is 0 Å². The minimum Gasteiger partial charge on any atom is -0.185 e. The first kappa shape index (κ1) is 11.1. The van der Waals surface area contributed by atoms with Gasteiger partial charge in [0.2, 0.25) is 0 Å². The lowest BCUT2D eigenvalue weighted by atomic mass is 10.0. The van der Waals surface area contributed by atoms with Crippen molar-refractivity contribution in [3.05, 3.63) is 56.7 Å². The molecule has 0 saturated heterocycles. The van der Waals surface area contributed by atoms with Gasteiger partial charge in [-0.25, -0.2) is 0 Å². The molecule has 2 heterocycles. The number of rotatable bonds is 2. The van der Waals surface area contributed by atoms with E-state index in [1.165, 1.54) is 10.4 Å². The van der Waals surface area contributed by atoms with Crippen molar-refractivity contribution in [2.24, 2.45) is 10.2 Å². The Balaban J connectivity index is 1.77. The Morgan fingerprint density at radius 2 is 1.82 bits per heavy atom. The third kappa shape index (κ3) is 2.33. The average molecular weight is 307 g/mol. The van der Waals surface area contributed by atoms with Crippen LogP contribution in [0.2, 0.25) is 0 Å². The van der Waals surface area contributed by atoms with Gasteiger partial charge in [0.1, 0.15) is 6.04 Å². The number of hydrogen-bond acceptors (Lipinski definition) is 3. The molecule has 1 aliphatic heterocycles. The molecule has 2 atom stereocenters. The summed E-state index contributed by atoms with van der Waals surface area (Å²) in [6.45, 7) is 0. The first-order valence-electron chi connectivity index (χ1n) is 5.52. The monoisotopic (exact) mass is 306 g/mol. The SMILES string of the molecule is Brc1ccc(C2CC(c3cccs3)N=N2)cc1. The summed E-state index contributed by atoms with van der Waals surface area (Å²) < 4.78 is 1.10. The van der Waals surface area contributed by atoms with E-state index in [9.17, 15) is 0 Å². The molecule has 0 radical (unpaired) electrons. The Morgan fingerprint density at radius 1 is 1.06 bits per heavy atom. The van der Waals surface area contributed by atoms with Gasteiger partial charge >= 0.3 is 0 Å². The van der Waals surface area contributed by atoms with Crippen molar-refractivity contribution in [1.29, 1.82) is 0 Å². The molecule has 0 fully saturated rings. The fourth-order valence-corrected chi connectivity index (χ4v) is 3.04. The molecule has 0 aliphatic carbocycles. The van der Waals surface area contributed by atoms with E-state index in [2.05, 4.69) is 67.9 Å². The maximum Gasteiger partial charge on any atom is 0.107 e. The summed E-state index contributed by atoms with van der Waals surface area (Å²) in [4.78, 5) is 1.31. The van der Waals surface area contributed by atoms with Gasteiger partial charge in [-0.15, -0.1) is 11.3 Å². The van der Waals surface area contributed by atoms with Crippen LogP contribution in [0, 0.1) is 0 Å². The van der Waals surface area contributed by atoms with E-state index in [0.717, 1.165) is 10.9 Å². The summed E-state index contributed by atoms with van der Waals surface area (Å²) in [6.07, 6.45) is 0.988. The quantitative estimate of drug-likeness (QED) is 0.733. The van der Waals surface area contributed by atoms with Crippen LogP contribution in [0.5, 0.6) is 0 Å². The van der Waals surface area contributed by atoms with Gasteiger partial charge in [0.15, 0.2) is 0 Å². The predicted octanol–water partition coefficient (Wildman–Crippen LogP) is 5.15. The predicted molar refractivity (Wildman–Crippen MR) is 73.4 cm³/mol. The lowest BCUT2D eigenvalue weighted by molar-refractivity contribution is 0.667. The first-order valence-corrected chi connectivity index (χ1v) is 7.19. The van der Waals surface area contributed by atoms with E-state index >= 15 is 0 Å². The molecule has 0 saturated carbocycles. The number of nitrogens with zero attached hydrogens (tertiary/aromatic N) is 2. The smallest absolute Gasteiger partial charge is 0.107 e. The van der Waals surface area contributed by atoms with Crippen LogP contribution in [-0.4, -0.2) is 0 Å². The van der Waals surface area contributed by atoms with Crippen molar-refractivity contribution in [1.82, 2.24) is 0 Å². The molecule has 2 nitrogen and oxygen atoms in total. The Labute approximate surface area is 113 Å². The summed E-state index contributed by atoms with van der Waals surface area (Å²) in [6, 6.07) is 13.0. The molecule has 3 rings (SSSR count). The minimum absolute atomic E-state index is 0.218. The lowest BCUT2D eigenvalue weighted by Crippen LogP contribution is -1.94. The number of thiophene rings is 1. The van der Waals surface area contributed by atoms with Crippen molar-refractivity contribution in [2.75, 3.05) is 0 Å². The lowest BCUT2D eigenvalue weighted by Gasteiger charge is -2.07. The average Bonchev–Trinajstić information content (AvgIpc) is 3.00. The van der Waals surface area contributed by atoms with E-state index < -0.39 is 0 Å². The Kier molecular flexibility index (Phi) is 3.07. The molecule has 0 amide bonds. The van der Waals surface area contributed by atoms with Crippen molar-refractivity contribution in [3.63, 3.8) is 0 Å². The highest BCUT2D eigenvalue weighted by atomic mass is 79.9. The van der Waals surface area contributed by atoms with Gasteiger partial charge in [0.05, 0.1) is 6.04 Å². The summed E-state index contributed by atoms with van der Waals surface area (Å²) in [7, 11) is 0. The molecule has 4 heteroatoms. The molecule has 0 bridgehead atoms. The second-order valence-corrected chi connectivity index (χ2v) is 5.96. The van der Waals surface area contributed by atoms with Crippen LogP contribution in [0.3, 0.4) is 0 Å². The highest BCUT2D eigenvalue weighted by Crippen LogP contribution is 2.40. The standard InChI is InChI=1S/C13H11BrN2S/c14-10-5-3-9(4-6-10)11-8-12(16-15-11)13-2-1-7-17-13/h1-7,11-12H,8H2. The summed E-state index contributed by atoms with van der Waals surface area (Å²) >= 11 is 5.20. The molecule has 86 valence electrons. The van der Waals surface area contributed by atoms with Crippen LogP contribution in [0.1, 0.15) is 28.9 Å². The Bertz CT molecular complexity index is 519. The van der Waals surface area contributed by atoms with E-state index in [4.69, 9.17) is 0 Å². The number of hydrogen-bond donors (Lipinski definition) is 0. The van der Waals surface area contributed by atoms with E-state index in [0.29, 0.717) is 0 Å². The number of azo groups is 1. The number of benzene rings is 1. The Hall–Kier alpha value is -1.00. The van der Waals surface area contributed by atoms with E-state index in [-0.39, 0.29) is 12.1 Å². The molecule has 1 aromatic carbocycles. The van der Waals surface area contributed by atoms with Crippen LogP contribution in [-0.2, 0) is 0 Å². The van der Waals surface area contributed by atoms with Crippen molar-refractivity contribution >= 4 is 27.3 Å². The summed E-state index contributed by atoms with van der Waals surface area (Å²) in [5.74, 6) is 0. The van der Waals surface area contributed by atoms with Crippen LogP contribution >= 0.6 is 27.3 Å². The molecule has 2 aromatic rings. The molecular formula is C13H11BrN2S. The topological polar surface area (TPSA) is 24.7 Å². The van der Waals surface area contributed by atoms with Crippen molar-refractivity contribution in [3.8, 4) is 0 Å². The van der Waals surface area contributed by atoms with Gasteiger partial charge < -0.3 is 0 Å². The second kappa shape index (κ2) is 4.70. The molecule has 1 aliphatic rings. The van der Waals surface area contributed by atoms with Gasteiger partial charge in [-0.05, 0) is 29.1 Å². The van der Waals surface area contributed by atoms with E-state index in [1.807, 2.05) is 0 Å². The first-order chi connectivity index (χ1) is 8.33. The molecular weight excluding hydrogens is 296 g/mol. The van der Waals surface area contributed by atoms with Crippen LogP contribution < -0.4 is 0 Å². The molecule has 17 heavy (non-hydrogen) atoms. The fourth-order valence-electron chi connectivity index (χ4n) is 2.01. The molecule has 1 aromatic heterocycles. The zero-order chi connectivity index (χ0) is 11.7. The molecule has 2 unspecified atom stereocenters. The fraction of sp³-hybridized carbons (Fsp3) is 0.231. The Morgan fingerprint density at radius 3 is 2.53 bits per heavy atom. The zero-order valence-electron chi connectivity index (χ0n) is 9.08. The maximum atomic E-state index is 4.39. The normalized spacial score (nSPS) is 23.1. The van der Waals surface area contributed by atoms with Gasteiger partial charge in [0.25, 0.3) is 0 Å². The van der Waals surface area contributed by atoms with Crippen LogP contribution in [0.4, 0.5) is 0 Å².